The third-order valence-corrected chi connectivity index (χ3v) is 6.60. The summed E-state index contributed by atoms with van der Waals surface area (Å²) in [6.07, 6.45) is 8.90. The molecule has 0 saturated heterocycles. The molecule has 1 fully saturated rings. The Hall–Kier alpha value is -3.26. The van der Waals surface area contributed by atoms with Crippen molar-refractivity contribution in [3.63, 3.8) is 0 Å². The summed E-state index contributed by atoms with van der Waals surface area (Å²) in [7, 11) is 0.112. The van der Waals surface area contributed by atoms with Gasteiger partial charge in [0.15, 0.2) is 16.6 Å². The van der Waals surface area contributed by atoms with Gasteiger partial charge in [-0.1, -0.05) is 36.8 Å². The van der Waals surface area contributed by atoms with E-state index in [9.17, 15) is 4.21 Å². The van der Waals surface area contributed by atoms with Gasteiger partial charge < -0.3 is 0 Å². The molecule has 0 aliphatic heterocycles. The molecule has 0 spiro atoms. The lowest BCUT2D eigenvalue weighted by Gasteiger charge is -2.24. The maximum Gasteiger partial charge on any atom is 0.223 e. The molecule has 0 radical (unpaired) electrons. The number of rotatable bonds is 6. The molecule has 1 atom stereocenters. The Morgan fingerprint density at radius 3 is 2.60 bits per heavy atom. The van der Waals surface area contributed by atoms with E-state index in [1.54, 1.807) is 36.2 Å². The van der Waals surface area contributed by atoms with Crippen LogP contribution in [0.2, 0.25) is 0 Å². The summed E-state index contributed by atoms with van der Waals surface area (Å²) in [6, 6.07) is 15.4. The number of anilines is 1. The summed E-state index contributed by atoms with van der Waals surface area (Å²) >= 11 is 0. The molecule has 1 unspecified atom stereocenters. The molecule has 5 rings (SSSR count). The van der Waals surface area contributed by atoms with Crippen LogP contribution < -0.4 is 14.3 Å². The minimum absolute atomic E-state index is 0.498. The van der Waals surface area contributed by atoms with E-state index >= 15 is 0 Å². The third-order valence-electron chi connectivity index (χ3n) is 5.51. The van der Waals surface area contributed by atoms with Gasteiger partial charge in [-0.3, -0.25) is 9.56 Å². The number of pyridine rings is 1. The van der Waals surface area contributed by atoms with E-state index in [0.29, 0.717) is 16.6 Å². The van der Waals surface area contributed by atoms with Crippen molar-refractivity contribution in [2.24, 2.45) is 0 Å². The summed E-state index contributed by atoms with van der Waals surface area (Å²) in [6.45, 7) is 0. The summed E-state index contributed by atoms with van der Waals surface area (Å²) < 4.78 is 19.4. The maximum absolute atomic E-state index is 13.0. The highest BCUT2D eigenvalue weighted by Crippen LogP contribution is 2.38. The van der Waals surface area contributed by atoms with E-state index in [1.165, 1.54) is 11.2 Å². The first kappa shape index (κ1) is 18.7. The van der Waals surface area contributed by atoms with Crippen LogP contribution in [0, 0.1) is 0 Å². The first-order chi connectivity index (χ1) is 14.7. The van der Waals surface area contributed by atoms with Crippen LogP contribution >= 0.6 is 0 Å². The zero-order chi connectivity index (χ0) is 20.5. The molecular weight excluding hydrogens is 398 g/mol. The number of fused-ring (bicyclic) bond motifs is 1. The van der Waals surface area contributed by atoms with E-state index in [4.69, 9.17) is 9.82 Å². The van der Waals surface area contributed by atoms with Gasteiger partial charge in [-0.05, 0) is 18.8 Å². The van der Waals surface area contributed by atoms with Gasteiger partial charge in [0, 0.05) is 34.1 Å². The third kappa shape index (κ3) is 3.43. The van der Waals surface area contributed by atoms with Crippen LogP contribution in [-0.4, -0.2) is 25.9 Å². The van der Waals surface area contributed by atoms with Crippen molar-refractivity contribution in [2.45, 2.75) is 30.1 Å². The number of nitrogens with zero attached hydrogens (tertiary/aromatic N) is 4. The summed E-state index contributed by atoms with van der Waals surface area (Å²) in [5, 5.41) is 4.56. The van der Waals surface area contributed by atoms with Crippen LogP contribution in [0.25, 0.3) is 16.9 Å². The minimum Gasteiger partial charge on any atom is -0.285 e. The topological polar surface area (TPSA) is 72.4 Å². The van der Waals surface area contributed by atoms with Crippen molar-refractivity contribution in [3.8, 4) is 11.3 Å². The fraction of sp³-hybridized carbons (Fsp3) is 0.227. The fourth-order valence-corrected chi connectivity index (χ4v) is 4.44. The molecule has 3 heterocycles. The van der Waals surface area contributed by atoms with Crippen molar-refractivity contribution < 1.29 is 13.8 Å². The van der Waals surface area contributed by atoms with E-state index in [0.717, 1.165) is 35.3 Å². The highest BCUT2D eigenvalue weighted by Gasteiger charge is 2.25. The maximum atomic E-state index is 13.0. The molecular formula is C22H22N5O2S+. The summed E-state index contributed by atoms with van der Waals surface area (Å²) in [5.74, 6) is 1.14. The SMILES string of the molecule is CO[n+]1ccc(S(=O)Nc2cc(-c3ccccc3)nc3c(C4CCC4)cnn23)cc1. The van der Waals surface area contributed by atoms with E-state index < -0.39 is 11.0 Å². The lowest BCUT2D eigenvalue weighted by Crippen LogP contribution is -2.39. The molecule has 3 aromatic heterocycles. The van der Waals surface area contributed by atoms with Gasteiger partial charge in [0.2, 0.25) is 12.4 Å². The van der Waals surface area contributed by atoms with Gasteiger partial charge in [0.25, 0.3) is 0 Å². The van der Waals surface area contributed by atoms with Crippen LogP contribution in [0.5, 0.6) is 0 Å². The van der Waals surface area contributed by atoms with E-state index in [-0.39, 0.29) is 0 Å². The Morgan fingerprint density at radius 2 is 1.93 bits per heavy atom. The molecule has 1 aromatic carbocycles. The van der Waals surface area contributed by atoms with Gasteiger partial charge >= 0.3 is 0 Å². The molecule has 1 aliphatic rings. The molecule has 8 heteroatoms. The van der Waals surface area contributed by atoms with Crippen molar-refractivity contribution >= 4 is 22.5 Å². The Kier molecular flexibility index (Phi) is 4.92. The number of nitrogens with one attached hydrogen (secondary N) is 1. The Morgan fingerprint density at radius 1 is 1.17 bits per heavy atom. The molecule has 1 N–H and O–H groups in total. The second-order valence-electron chi connectivity index (χ2n) is 7.30. The molecule has 0 amide bonds. The Balaban J connectivity index is 1.57. The van der Waals surface area contributed by atoms with Crippen LogP contribution in [0.15, 0.2) is 72.0 Å². The summed E-state index contributed by atoms with van der Waals surface area (Å²) in [4.78, 5) is 10.7. The highest BCUT2D eigenvalue weighted by molar-refractivity contribution is 7.86. The fourth-order valence-electron chi connectivity index (χ4n) is 3.61. The van der Waals surface area contributed by atoms with Crippen molar-refractivity contribution in [1.82, 2.24) is 14.6 Å². The van der Waals surface area contributed by atoms with Gasteiger partial charge in [-0.15, -0.1) is 0 Å². The lowest BCUT2D eigenvalue weighted by atomic mass is 9.81. The second-order valence-corrected chi connectivity index (χ2v) is 8.52. The number of hydrogen-bond acceptors (Lipinski definition) is 4. The first-order valence-electron chi connectivity index (χ1n) is 9.91. The normalized spacial score (nSPS) is 15.0. The van der Waals surface area contributed by atoms with Gasteiger partial charge in [-0.2, -0.15) is 9.61 Å². The predicted octanol–water partition coefficient (Wildman–Crippen LogP) is 3.14. The highest BCUT2D eigenvalue weighted by atomic mass is 32.2. The number of aromatic nitrogens is 4. The van der Waals surface area contributed by atoms with Gasteiger partial charge in [0.05, 0.1) is 16.8 Å². The minimum atomic E-state index is -1.46. The molecule has 1 saturated carbocycles. The van der Waals surface area contributed by atoms with Gasteiger partial charge in [0.1, 0.15) is 12.9 Å². The summed E-state index contributed by atoms with van der Waals surface area (Å²) in [5.41, 5.74) is 3.82. The quantitative estimate of drug-likeness (QED) is 0.487. The van der Waals surface area contributed by atoms with Crippen LogP contribution in [0.1, 0.15) is 30.7 Å². The van der Waals surface area contributed by atoms with E-state index in [2.05, 4.69) is 9.82 Å². The largest absolute Gasteiger partial charge is 0.285 e. The zero-order valence-electron chi connectivity index (χ0n) is 16.6. The predicted molar refractivity (Wildman–Crippen MR) is 114 cm³/mol. The molecule has 30 heavy (non-hydrogen) atoms. The van der Waals surface area contributed by atoms with Crippen LogP contribution in [-0.2, 0) is 11.0 Å². The molecule has 0 bridgehead atoms. The standard InChI is InChI=1S/C22H22N5O2S/c1-29-26-12-10-18(11-13-26)30(28)25-21-14-20(17-6-3-2-4-7-17)24-22-19(15-23-27(21)22)16-8-5-9-16/h2-4,6-7,10-16,25H,5,8-9H2,1H3/q+1. The Labute approximate surface area is 176 Å². The van der Waals surface area contributed by atoms with Gasteiger partial charge in [-0.25, -0.2) is 9.19 Å². The van der Waals surface area contributed by atoms with E-state index in [1.807, 2.05) is 42.6 Å². The monoisotopic (exact) mass is 420 g/mol. The Bertz CT molecular complexity index is 1200. The average molecular weight is 421 g/mol. The van der Waals surface area contributed by atoms with Crippen molar-refractivity contribution in [2.75, 3.05) is 11.8 Å². The number of benzene rings is 1. The lowest BCUT2D eigenvalue weighted by molar-refractivity contribution is -0.885. The van der Waals surface area contributed by atoms with Crippen molar-refractivity contribution in [1.29, 1.82) is 0 Å². The van der Waals surface area contributed by atoms with Crippen molar-refractivity contribution in [3.05, 3.63) is 72.7 Å². The second kappa shape index (κ2) is 7.87. The zero-order valence-corrected chi connectivity index (χ0v) is 17.4. The molecule has 1 aliphatic carbocycles. The molecule has 7 nitrogen and oxygen atoms in total. The molecule has 152 valence electrons. The smallest absolute Gasteiger partial charge is 0.223 e. The molecule has 4 aromatic rings. The van der Waals surface area contributed by atoms with Crippen LogP contribution in [0.3, 0.4) is 0 Å². The number of hydrogen-bond donors (Lipinski definition) is 1. The first-order valence-corrected chi connectivity index (χ1v) is 11.1. The average Bonchev–Trinajstić information content (AvgIpc) is 3.17. The van der Waals surface area contributed by atoms with Crippen LogP contribution in [0.4, 0.5) is 5.82 Å².